The first kappa shape index (κ1) is 14.5. The van der Waals surface area contributed by atoms with E-state index < -0.39 is 0 Å². The minimum atomic E-state index is 0.169. The fourth-order valence-corrected chi connectivity index (χ4v) is 2.30. The van der Waals surface area contributed by atoms with E-state index in [0.717, 1.165) is 25.4 Å². The summed E-state index contributed by atoms with van der Waals surface area (Å²) < 4.78 is 4.94. The van der Waals surface area contributed by atoms with E-state index in [4.69, 9.17) is 16.3 Å². The van der Waals surface area contributed by atoms with Crippen molar-refractivity contribution in [2.75, 3.05) is 32.5 Å². The second-order valence-electron chi connectivity index (χ2n) is 3.25. The minimum Gasteiger partial charge on any atom is -0.467 e. The van der Waals surface area contributed by atoms with Gasteiger partial charge in [0.05, 0.1) is 7.11 Å². The third kappa shape index (κ3) is 5.06. The third-order valence-corrected chi connectivity index (χ3v) is 3.28. The van der Waals surface area contributed by atoms with Crippen LogP contribution in [0.15, 0.2) is 5.16 Å². The highest BCUT2D eigenvalue weighted by Gasteiger charge is 2.06. The Labute approximate surface area is 111 Å². The van der Waals surface area contributed by atoms with Gasteiger partial charge in [-0.05, 0) is 24.7 Å². The van der Waals surface area contributed by atoms with Crippen LogP contribution >= 0.6 is 23.4 Å². The van der Waals surface area contributed by atoms with Gasteiger partial charge in [-0.15, -0.1) is 0 Å². The van der Waals surface area contributed by atoms with Crippen LogP contribution in [0.5, 0.6) is 6.01 Å². The summed E-state index contributed by atoms with van der Waals surface area (Å²) in [7, 11) is 1.51. The molecule has 1 aromatic rings. The largest absolute Gasteiger partial charge is 0.467 e. The molecule has 0 atom stereocenters. The first-order valence-electron chi connectivity index (χ1n) is 5.50. The van der Waals surface area contributed by atoms with E-state index in [-0.39, 0.29) is 11.3 Å². The maximum atomic E-state index is 5.76. The highest BCUT2D eigenvalue weighted by atomic mass is 35.5. The monoisotopic (exact) mass is 276 g/mol. The number of nitrogens with zero attached hydrogens (tertiary/aromatic N) is 4. The summed E-state index contributed by atoms with van der Waals surface area (Å²) in [5, 5.41) is 0.774. The quantitative estimate of drug-likeness (QED) is 0.710. The van der Waals surface area contributed by atoms with Gasteiger partial charge < -0.3 is 9.64 Å². The van der Waals surface area contributed by atoms with Crippen molar-refractivity contribution in [3.63, 3.8) is 0 Å². The first-order chi connectivity index (χ1) is 8.19. The molecule has 0 saturated carbocycles. The number of methoxy groups -OCH3 is 1. The standard InChI is InChI=1S/C10H17ClN4OS/c1-4-15(5-2)6-7-17-10-13-8(11)12-9(14-10)16-3/h4-7H2,1-3H3. The van der Waals surface area contributed by atoms with Crippen LogP contribution in [0.25, 0.3) is 0 Å². The minimum absolute atomic E-state index is 0.169. The van der Waals surface area contributed by atoms with Gasteiger partial charge >= 0.3 is 6.01 Å². The van der Waals surface area contributed by atoms with Crippen molar-refractivity contribution in [1.29, 1.82) is 0 Å². The lowest BCUT2D eigenvalue weighted by Crippen LogP contribution is -2.25. The number of ether oxygens (including phenoxy) is 1. The highest BCUT2D eigenvalue weighted by molar-refractivity contribution is 7.99. The lowest BCUT2D eigenvalue weighted by molar-refractivity contribution is 0.323. The zero-order chi connectivity index (χ0) is 12.7. The van der Waals surface area contributed by atoms with Crippen molar-refractivity contribution in [1.82, 2.24) is 19.9 Å². The molecule has 0 aliphatic rings. The lowest BCUT2D eigenvalue weighted by atomic mass is 10.5. The molecule has 1 aromatic heterocycles. The van der Waals surface area contributed by atoms with Gasteiger partial charge in [-0.1, -0.05) is 25.6 Å². The number of aromatic nitrogens is 3. The molecule has 7 heteroatoms. The van der Waals surface area contributed by atoms with Crippen LogP contribution in [-0.2, 0) is 0 Å². The Morgan fingerprint density at radius 1 is 1.24 bits per heavy atom. The van der Waals surface area contributed by atoms with Gasteiger partial charge in [-0.2, -0.15) is 15.0 Å². The van der Waals surface area contributed by atoms with Gasteiger partial charge in [-0.3, -0.25) is 0 Å². The van der Waals surface area contributed by atoms with E-state index in [0.29, 0.717) is 5.16 Å². The molecule has 0 radical (unpaired) electrons. The molecule has 0 amide bonds. The molecule has 5 nitrogen and oxygen atoms in total. The van der Waals surface area contributed by atoms with E-state index in [1.54, 1.807) is 11.8 Å². The molecule has 0 spiro atoms. The van der Waals surface area contributed by atoms with Crippen LogP contribution in [-0.4, -0.2) is 52.3 Å². The number of hydrogen-bond acceptors (Lipinski definition) is 6. The fraction of sp³-hybridized carbons (Fsp3) is 0.700. The summed E-state index contributed by atoms with van der Waals surface area (Å²) in [6, 6.07) is 0.260. The van der Waals surface area contributed by atoms with Gasteiger partial charge in [0.15, 0.2) is 5.16 Å². The number of thioether (sulfide) groups is 1. The zero-order valence-electron chi connectivity index (χ0n) is 10.3. The zero-order valence-corrected chi connectivity index (χ0v) is 11.9. The molecule has 0 unspecified atom stereocenters. The molecule has 1 rings (SSSR count). The third-order valence-electron chi connectivity index (χ3n) is 2.28. The van der Waals surface area contributed by atoms with Crippen LogP contribution in [0.2, 0.25) is 5.28 Å². The van der Waals surface area contributed by atoms with Crippen LogP contribution in [0.4, 0.5) is 0 Å². The lowest BCUT2D eigenvalue weighted by Gasteiger charge is -2.16. The Kier molecular flexibility index (Phi) is 6.54. The first-order valence-corrected chi connectivity index (χ1v) is 6.86. The van der Waals surface area contributed by atoms with Crippen LogP contribution in [0.1, 0.15) is 13.8 Å². The molecule has 96 valence electrons. The number of halogens is 1. The van der Waals surface area contributed by atoms with E-state index in [2.05, 4.69) is 33.7 Å². The average molecular weight is 277 g/mol. The predicted octanol–water partition coefficient (Wildman–Crippen LogP) is 1.97. The molecule has 0 aromatic carbocycles. The van der Waals surface area contributed by atoms with Crippen LogP contribution in [0.3, 0.4) is 0 Å². The molecular weight excluding hydrogens is 260 g/mol. The van der Waals surface area contributed by atoms with Gasteiger partial charge in [0.2, 0.25) is 5.28 Å². The molecular formula is C10H17ClN4OS. The topological polar surface area (TPSA) is 51.1 Å². The van der Waals surface area contributed by atoms with E-state index in [9.17, 15) is 0 Å². The van der Waals surface area contributed by atoms with Gasteiger partial charge in [0.25, 0.3) is 0 Å². The second kappa shape index (κ2) is 7.68. The number of rotatable bonds is 7. The number of hydrogen-bond donors (Lipinski definition) is 0. The van der Waals surface area contributed by atoms with Crippen molar-refractivity contribution in [3.05, 3.63) is 5.28 Å². The molecule has 17 heavy (non-hydrogen) atoms. The maximum absolute atomic E-state index is 5.76. The molecule has 0 aliphatic heterocycles. The molecule has 0 bridgehead atoms. The Morgan fingerprint density at radius 3 is 2.53 bits per heavy atom. The molecule has 0 saturated heterocycles. The van der Waals surface area contributed by atoms with Crippen molar-refractivity contribution in [2.24, 2.45) is 0 Å². The Balaban J connectivity index is 2.48. The maximum Gasteiger partial charge on any atom is 0.321 e. The molecule has 1 heterocycles. The predicted molar refractivity (Wildman–Crippen MR) is 69.9 cm³/mol. The fourth-order valence-electron chi connectivity index (χ4n) is 1.28. The van der Waals surface area contributed by atoms with Crippen molar-refractivity contribution in [3.8, 4) is 6.01 Å². The normalized spacial score (nSPS) is 10.9. The second-order valence-corrected chi connectivity index (χ2v) is 4.65. The van der Waals surface area contributed by atoms with Crippen molar-refractivity contribution in [2.45, 2.75) is 19.0 Å². The summed E-state index contributed by atoms with van der Waals surface area (Å²) in [5.74, 6) is 0.922. The molecule has 0 fully saturated rings. The van der Waals surface area contributed by atoms with Gasteiger partial charge in [-0.25, -0.2) is 0 Å². The average Bonchev–Trinajstić information content (AvgIpc) is 2.34. The van der Waals surface area contributed by atoms with E-state index in [1.165, 1.54) is 7.11 Å². The summed E-state index contributed by atoms with van der Waals surface area (Å²) in [5.41, 5.74) is 0. The van der Waals surface area contributed by atoms with E-state index in [1.807, 2.05) is 0 Å². The Bertz CT molecular complexity index is 349. The molecule has 0 aliphatic carbocycles. The van der Waals surface area contributed by atoms with Crippen LogP contribution < -0.4 is 4.74 Å². The van der Waals surface area contributed by atoms with Crippen LogP contribution in [0, 0.1) is 0 Å². The summed E-state index contributed by atoms with van der Waals surface area (Å²) in [6.45, 7) is 7.41. The van der Waals surface area contributed by atoms with Gasteiger partial charge in [0.1, 0.15) is 0 Å². The van der Waals surface area contributed by atoms with E-state index >= 15 is 0 Å². The SMILES string of the molecule is CCN(CC)CCSc1nc(Cl)nc(OC)n1. The highest BCUT2D eigenvalue weighted by Crippen LogP contribution is 2.17. The van der Waals surface area contributed by atoms with Crippen molar-refractivity contribution < 1.29 is 4.74 Å². The van der Waals surface area contributed by atoms with Gasteiger partial charge in [0, 0.05) is 12.3 Å². The summed E-state index contributed by atoms with van der Waals surface area (Å²) in [4.78, 5) is 14.3. The summed E-state index contributed by atoms with van der Waals surface area (Å²) >= 11 is 7.31. The molecule has 0 N–H and O–H groups in total. The Hall–Kier alpha value is -0.590. The van der Waals surface area contributed by atoms with Crippen molar-refractivity contribution >= 4 is 23.4 Å². The Morgan fingerprint density at radius 2 is 1.94 bits per heavy atom. The summed E-state index contributed by atoms with van der Waals surface area (Å²) in [6.07, 6.45) is 0. The smallest absolute Gasteiger partial charge is 0.321 e.